The molecule has 0 unspecified atom stereocenters. The minimum absolute atomic E-state index is 0.187. The molecular weight excluding hydrogens is 284 g/mol. The molecule has 3 nitrogen and oxygen atoms in total. The van der Waals surface area contributed by atoms with E-state index in [2.05, 4.69) is 0 Å². The number of ether oxygens (including phenoxy) is 1. The Morgan fingerprint density at radius 1 is 1.29 bits per heavy atom. The summed E-state index contributed by atoms with van der Waals surface area (Å²) in [5.74, 6) is -0.589. The molecule has 0 aromatic heterocycles. The van der Waals surface area contributed by atoms with E-state index in [1.54, 1.807) is 12.1 Å². The van der Waals surface area contributed by atoms with Crippen LogP contribution in [0.2, 0.25) is 15.1 Å². The van der Waals surface area contributed by atoms with Crippen LogP contribution in [0.5, 0.6) is 0 Å². The smallest absolute Gasteiger partial charge is 0.253 e. The second kappa shape index (κ2) is 6.45. The minimum Gasteiger partial charge on any atom is -0.367 e. The Labute approximate surface area is 115 Å². The lowest BCUT2D eigenvalue weighted by Gasteiger charge is -2.12. The highest BCUT2D eigenvalue weighted by molar-refractivity contribution is 6.39. The topological polar surface area (TPSA) is 52.3 Å². The van der Waals surface area contributed by atoms with Crippen molar-refractivity contribution in [2.45, 2.75) is 12.8 Å². The Balaban J connectivity index is 2.79. The molecule has 0 atom stereocenters. The Hall–Kier alpha value is -0.480. The first kappa shape index (κ1) is 14.6. The predicted molar refractivity (Wildman–Crippen MR) is 69.2 cm³/mol. The fraction of sp³-hybridized carbons (Fsp3) is 0.273. The first-order valence-corrected chi connectivity index (χ1v) is 5.92. The number of hydrogen-bond donors (Lipinski definition) is 1. The van der Waals surface area contributed by atoms with Gasteiger partial charge < -0.3 is 10.5 Å². The molecule has 0 spiro atoms. The van der Waals surface area contributed by atoms with Gasteiger partial charge in [0.05, 0.1) is 0 Å². The summed E-state index contributed by atoms with van der Waals surface area (Å²) in [5, 5.41) is 1.39. The second-order valence-electron chi connectivity index (χ2n) is 3.34. The van der Waals surface area contributed by atoms with Crippen molar-refractivity contribution in [3.63, 3.8) is 0 Å². The first-order valence-electron chi connectivity index (χ1n) is 4.78. The van der Waals surface area contributed by atoms with Crippen molar-refractivity contribution in [1.82, 2.24) is 0 Å². The quantitative estimate of drug-likeness (QED) is 0.906. The highest BCUT2D eigenvalue weighted by atomic mass is 35.5. The van der Waals surface area contributed by atoms with Gasteiger partial charge in [0, 0.05) is 22.2 Å². The number of amides is 1. The van der Waals surface area contributed by atoms with Crippen LogP contribution in [0.15, 0.2) is 12.1 Å². The SMILES string of the molecule is CO[C](CCc1c(Cl)cc(Cl)cc1Cl)C(N)=O. The molecule has 0 aliphatic rings. The van der Waals surface area contributed by atoms with E-state index in [0.29, 0.717) is 33.5 Å². The highest BCUT2D eigenvalue weighted by Crippen LogP contribution is 2.30. The lowest BCUT2D eigenvalue weighted by molar-refractivity contribution is -0.121. The molecular formula is C11H11Cl3NO2. The van der Waals surface area contributed by atoms with Crippen LogP contribution in [0.4, 0.5) is 0 Å². The molecule has 93 valence electrons. The van der Waals surface area contributed by atoms with Crippen molar-refractivity contribution in [3.05, 3.63) is 38.9 Å². The average Bonchev–Trinajstić information content (AvgIpc) is 2.21. The third-order valence-corrected chi connectivity index (χ3v) is 3.12. The molecule has 0 bridgehead atoms. The van der Waals surface area contributed by atoms with E-state index in [0.717, 1.165) is 0 Å². The van der Waals surface area contributed by atoms with Gasteiger partial charge in [-0.2, -0.15) is 0 Å². The van der Waals surface area contributed by atoms with Gasteiger partial charge in [0.2, 0.25) is 0 Å². The van der Waals surface area contributed by atoms with Crippen molar-refractivity contribution >= 4 is 40.7 Å². The Kier molecular flexibility index (Phi) is 5.53. The third kappa shape index (κ3) is 4.03. The molecule has 0 saturated heterocycles. The predicted octanol–water partition coefficient (Wildman–Crippen LogP) is 3.24. The van der Waals surface area contributed by atoms with Crippen LogP contribution >= 0.6 is 34.8 Å². The van der Waals surface area contributed by atoms with Crippen LogP contribution in [-0.4, -0.2) is 13.0 Å². The molecule has 17 heavy (non-hydrogen) atoms. The summed E-state index contributed by atoms with van der Waals surface area (Å²) < 4.78 is 4.87. The molecule has 0 heterocycles. The van der Waals surface area contributed by atoms with Crippen molar-refractivity contribution in [2.24, 2.45) is 5.73 Å². The molecule has 1 aromatic carbocycles. The van der Waals surface area contributed by atoms with Gasteiger partial charge in [-0.05, 0) is 30.5 Å². The number of carbonyl (C=O) groups is 1. The van der Waals surface area contributed by atoms with E-state index in [9.17, 15) is 4.79 Å². The van der Waals surface area contributed by atoms with Crippen LogP contribution < -0.4 is 5.73 Å². The van der Waals surface area contributed by atoms with Gasteiger partial charge in [-0.15, -0.1) is 0 Å². The minimum atomic E-state index is -0.589. The summed E-state index contributed by atoms with van der Waals surface area (Å²) in [4.78, 5) is 10.9. The van der Waals surface area contributed by atoms with Gasteiger partial charge in [0.15, 0.2) is 6.10 Å². The van der Waals surface area contributed by atoms with E-state index in [1.807, 2.05) is 0 Å². The van der Waals surface area contributed by atoms with Crippen molar-refractivity contribution in [3.8, 4) is 0 Å². The summed E-state index contributed by atoms with van der Waals surface area (Å²) in [6, 6.07) is 3.20. The molecule has 0 fully saturated rings. The zero-order valence-corrected chi connectivity index (χ0v) is 11.4. The van der Waals surface area contributed by atoms with Crippen LogP contribution in [0.3, 0.4) is 0 Å². The molecule has 1 radical (unpaired) electrons. The van der Waals surface area contributed by atoms with E-state index < -0.39 is 5.91 Å². The van der Waals surface area contributed by atoms with Crippen molar-refractivity contribution < 1.29 is 9.53 Å². The van der Waals surface area contributed by atoms with Crippen LogP contribution in [0, 0.1) is 6.10 Å². The Morgan fingerprint density at radius 3 is 2.24 bits per heavy atom. The molecule has 0 saturated carbocycles. The fourth-order valence-corrected chi connectivity index (χ4v) is 2.38. The third-order valence-electron chi connectivity index (χ3n) is 2.23. The fourth-order valence-electron chi connectivity index (χ4n) is 1.38. The molecule has 1 rings (SSSR count). The van der Waals surface area contributed by atoms with Gasteiger partial charge in [0.1, 0.15) is 0 Å². The van der Waals surface area contributed by atoms with Gasteiger partial charge >= 0.3 is 0 Å². The molecule has 1 aromatic rings. The summed E-state index contributed by atoms with van der Waals surface area (Å²) in [6.45, 7) is 0. The molecule has 6 heteroatoms. The van der Waals surface area contributed by atoms with Crippen LogP contribution in [-0.2, 0) is 16.0 Å². The van der Waals surface area contributed by atoms with Gasteiger partial charge in [0.25, 0.3) is 5.91 Å². The zero-order valence-electron chi connectivity index (χ0n) is 9.10. The Bertz CT molecular complexity index is 400. The zero-order chi connectivity index (χ0) is 13.0. The summed E-state index contributed by atoms with van der Waals surface area (Å²) in [5.41, 5.74) is 5.84. The van der Waals surface area contributed by atoms with Crippen LogP contribution in [0.1, 0.15) is 12.0 Å². The van der Waals surface area contributed by atoms with E-state index in [1.165, 1.54) is 7.11 Å². The number of carbonyl (C=O) groups excluding carboxylic acids is 1. The number of methoxy groups -OCH3 is 1. The van der Waals surface area contributed by atoms with E-state index in [-0.39, 0.29) is 6.10 Å². The first-order chi connectivity index (χ1) is 7.95. The van der Waals surface area contributed by atoms with E-state index in [4.69, 9.17) is 45.3 Å². The molecule has 0 aliphatic carbocycles. The van der Waals surface area contributed by atoms with Gasteiger partial charge in [-0.3, -0.25) is 4.79 Å². The molecule has 0 aliphatic heterocycles. The number of benzene rings is 1. The second-order valence-corrected chi connectivity index (χ2v) is 4.59. The number of rotatable bonds is 5. The lowest BCUT2D eigenvalue weighted by Crippen LogP contribution is -2.23. The maximum atomic E-state index is 10.9. The Morgan fingerprint density at radius 2 is 1.82 bits per heavy atom. The van der Waals surface area contributed by atoms with Crippen LogP contribution in [0.25, 0.3) is 0 Å². The molecule has 1 amide bonds. The maximum absolute atomic E-state index is 10.9. The van der Waals surface area contributed by atoms with Gasteiger partial charge in [-0.1, -0.05) is 34.8 Å². The van der Waals surface area contributed by atoms with E-state index >= 15 is 0 Å². The monoisotopic (exact) mass is 294 g/mol. The summed E-state index contributed by atoms with van der Waals surface area (Å²) in [7, 11) is 1.39. The lowest BCUT2D eigenvalue weighted by atomic mass is 10.1. The maximum Gasteiger partial charge on any atom is 0.253 e. The average molecular weight is 296 g/mol. The molecule has 2 N–H and O–H groups in total. The number of nitrogens with two attached hydrogens (primary N) is 1. The summed E-state index contributed by atoms with van der Waals surface area (Å²) >= 11 is 17.8. The van der Waals surface area contributed by atoms with Gasteiger partial charge in [-0.25, -0.2) is 0 Å². The standard InChI is InChI=1S/C11H11Cl3NO2/c1-17-10(11(15)16)3-2-7-8(13)4-6(12)5-9(7)14/h4-5H,2-3H2,1H3,(H2,15,16). The summed E-state index contributed by atoms with van der Waals surface area (Å²) in [6.07, 6.45) is 0.987. The number of hydrogen-bond acceptors (Lipinski definition) is 2. The van der Waals surface area contributed by atoms with Crippen molar-refractivity contribution in [1.29, 1.82) is 0 Å². The largest absolute Gasteiger partial charge is 0.367 e. The highest BCUT2D eigenvalue weighted by Gasteiger charge is 2.17. The number of primary amides is 1. The van der Waals surface area contributed by atoms with Crippen molar-refractivity contribution in [2.75, 3.05) is 7.11 Å². The number of halogens is 3. The normalized spacial score (nSPS) is 10.9.